The van der Waals surface area contributed by atoms with Gasteiger partial charge in [0.15, 0.2) is 0 Å². The molecular weight excluding hydrogens is 277 g/mol. The predicted octanol–water partition coefficient (Wildman–Crippen LogP) is 2.56. The van der Waals surface area contributed by atoms with Crippen molar-refractivity contribution in [1.82, 2.24) is 0 Å². The topological polar surface area (TPSA) is 81.8 Å². The minimum atomic E-state index is -1.34. The van der Waals surface area contributed by atoms with Gasteiger partial charge in [-0.05, 0) is 24.3 Å². The largest absolute Gasteiger partial charge is 0.490 e. The second-order valence-electron chi connectivity index (χ2n) is 4.15. The molecule has 0 saturated carbocycles. The molecule has 5 nitrogen and oxygen atoms in total. The first kappa shape index (κ1) is 14.6. The van der Waals surface area contributed by atoms with Crippen molar-refractivity contribution in [2.45, 2.75) is 0 Å². The summed E-state index contributed by atoms with van der Waals surface area (Å²) < 4.78 is 24.0. The fourth-order valence-electron chi connectivity index (χ4n) is 1.74. The SMILES string of the molecule is Nc1c(F)ccc(OCCOc2ccccc2)c1C(=O)O. The Hall–Kier alpha value is -2.76. The molecule has 0 amide bonds. The Morgan fingerprint density at radius 1 is 1.10 bits per heavy atom. The van der Waals surface area contributed by atoms with E-state index in [1.165, 1.54) is 6.07 Å². The number of hydrogen-bond donors (Lipinski definition) is 2. The zero-order chi connectivity index (χ0) is 15.2. The monoisotopic (exact) mass is 291 g/mol. The van der Waals surface area contributed by atoms with Crippen LogP contribution in [-0.4, -0.2) is 24.3 Å². The average molecular weight is 291 g/mol. The number of aromatic carboxylic acids is 1. The molecule has 21 heavy (non-hydrogen) atoms. The van der Waals surface area contributed by atoms with Gasteiger partial charge in [-0.3, -0.25) is 0 Å². The van der Waals surface area contributed by atoms with Crippen molar-refractivity contribution in [2.75, 3.05) is 18.9 Å². The maximum atomic E-state index is 13.3. The molecule has 0 aliphatic carbocycles. The highest BCUT2D eigenvalue weighted by molar-refractivity contribution is 5.96. The van der Waals surface area contributed by atoms with Gasteiger partial charge in [-0.15, -0.1) is 0 Å². The van der Waals surface area contributed by atoms with Crippen molar-refractivity contribution in [2.24, 2.45) is 0 Å². The minimum Gasteiger partial charge on any atom is -0.490 e. The average Bonchev–Trinajstić information content (AvgIpc) is 2.48. The second kappa shape index (κ2) is 6.60. The van der Waals surface area contributed by atoms with Crippen molar-refractivity contribution in [1.29, 1.82) is 0 Å². The molecule has 0 saturated heterocycles. The van der Waals surface area contributed by atoms with Crippen LogP contribution in [0.25, 0.3) is 0 Å². The lowest BCUT2D eigenvalue weighted by molar-refractivity contribution is 0.0692. The van der Waals surface area contributed by atoms with Crippen LogP contribution in [0.4, 0.5) is 10.1 Å². The third-order valence-electron chi connectivity index (χ3n) is 2.72. The number of nitrogens with two attached hydrogens (primary N) is 1. The standard InChI is InChI=1S/C15H14FNO4/c16-11-6-7-12(13(14(11)17)15(18)19)21-9-8-20-10-4-2-1-3-5-10/h1-7H,8-9,17H2,(H,18,19). The van der Waals surface area contributed by atoms with E-state index in [2.05, 4.69) is 0 Å². The Labute approximate surface area is 120 Å². The van der Waals surface area contributed by atoms with E-state index in [0.717, 1.165) is 6.07 Å². The molecule has 2 aromatic carbocycles. The summed E-state index contributed by atoms with van der Waals surface area (Å²) in [5.41, 5.74) is 4.59. The van der Waals surface area contributed by atoms with Crippen molar-refractivity contribution in [3.8, 4) is 11.5 Å². The van der Waals surface area contributed by atoms with Gasteiger partial charge in [-0.2, -0.15) is 0 Å². The van der Waals surface area contributed by atoms with Gasteiger partial charge >= 0.3 is 5.97 Å². The van der Waals surface area contributed by atoms with E-state index in [4.69, 9.17) is 20.3 Å². The highest BCUT2D eigenvalue weighted by Crippen LogP contribution is 2.27. The first-order valence-corrected chi connectivity index (χ1v) is 6.21. The van der Waals surface area contributed by atoms with E-state index in [1.807, 2.05) is 18.2 Å². The van der Waals surface area contributed by atoms with Gasteiger partial charge in [0.2, 0.25) is 0 Å². The van der Waals surface area contributed by atoms with Crippen LogP contribution >= 0.6 is 0 Å². The Morgan fingerprint density at radius 3 is 2.43 bits per heavy atom. The highest BCUT2D eigenvalue weighted by Gasteiger charge is 2.18. The molecule has 0 atom stereocenters. The Balaban J connectivity index is 1.97. The number of benzene rings is 2. The van der Waals surface area contributed by atoms with E-state index in [1.54, 1.807) is 12.1 Å². The number of carboxylic acids is 1. The van der Waals surface area contributed by atoms with Gasteiger partial charge in [0.25, 0.3) is 0 Å². The number of nitrogen functional groups attached to an aromatic ring is 1. The summed E-state index contributed by atoms with van der Waals surface area (Å²) in [6.45, 7) is 0.334. The fourth-order valence-corrected chi connectivity index (χ4v) is 1.74. The van der Waals surface area contributed by atoms with Gasteiger partial charge < -0.3 is 20.3 Å². The maximum Gasteiger partial charge on any atom is 0.341 e. The minimum absolute atomic E-state index is 0.0121. The van der Waals surface area contributed by atoms with Gasteiger partial charge in [-0.25, -0.2) is 9.18 Å². The molecule has 110 valence electrons. The molecule has 0 radical (unpaired) electrons. The van der Waals surface area contributed by atoms with Crippen LogP contribution in [0.15, 0.2) is 42.5 Å². The molecule has 0 aliphatic heterocycles. The lowest BCUT2D eigenvalue weighted by Crippen LogP contribution is -2.13. The smallest absolute Gasteiger partial charge is 0.341 e. The number of anilines is 1. The van der Waals surface area contributed by atoms with Gasteiger partial charge in [0.05, 0.1) is 5.69 Å². The predicted molar refractivity (Wildman–Crippen MR) is 75.2 cm³/mol. The van der Waals surface area contributed by atoms with Crippen LogP contribution in [0.2, 0.25) is 0 Å². The number of ether oxygens (including phenoxy) is 2. The molecule has 0 aromatic heterocycles. The Bertz CT molecular complexity index is 631. The van der Waals surface area contributed by atoms with E-state index in [0.29, 0.717) is 5.75 Å². The van der Waals surface area contributed by atoms with Gasteiger partial charge in [0, 0.05) is 0 Å². The van der Waals surface area contributed by atoms with E-state index >= 15 is 0 Å². The quantitative estimate of drug-likeness (QED) is 0.631. The van der Waals surface area contributed by atoms with Crippen LogP contribution in [0.1, 0.15) is 10.4 Å². The van der Waals surface area contributed by atoms with Gasteiger partial charge in [0.1, 0.15) is 36.1 Å². The molecule has 3 N–H and O–H groups in total. The van der Waals surface area contributed by atoms with E-state index in [-0.39, 0.29) is 24.5 Å². The van der Waals surface area contributed by atoms with Crippen LogP contribution < -0.4 is 15.2 Å². The highest BCUT2D eigenvalue weighted by atomic mass is 19.1. The third kappa shape index (κ3) is 3.62. The first-order chi connectivity index (χ1) is 10.1. The van der Waals surface area contributed by atoms with E-state index < -0.39 is 17.5 Å². The lowest BCUT2D eigenvalue weighted by atomic mass is 10.1. The summed E-state index contributed by atoms with van der Waals surface area (Å²) in [5.74, 6) is -1.44. The van der Waals surface area contributed by atoms with Crippen LogP contribution in [0.3, 0.4) is 0 Å². The number of hydrogen-bond acceptors (Lipinski definition) is 4. The number of rotatable bonds is 6. The summed E-state index contributed by atoms with van der Waals surface area (Å²) in [5, 5.41) is 9.05. The van der Waals surface area contributed by atoms with Crippen LogP contribution in [-0.2, 0) is 0 Å². The molecule has 0 bridgehead atoms. The Morgan fingerprint density at radius 2 is 1.76 bits per heavy atom. The summed E-state index contributed by atoms with van der Waals surface area (Å²) in [6.07, 6.45) is 0. The first-order valence-electron chi connectivity index (χ1n) is 6.21. The van der Waals surface area contributed by atoms with Crippen molar-refractivity contribution in [3.63, 3.8) is 0 Å². The normalized spacial score (nSPS) is 10.1. The van der Waals surface area contributed by atoms with Gasteiger partial charge in [-0.1, -0.05) is 18.2 Å². The fraction of sp³-hybridized carbons (Fsp3) is 0.133. The molecule has 0 fully saturated rings. The molecule has 0 aliphatic rings. The summed E-state index contributed by atoms with van der Waals surface area (Å²) in [7, 11) is 0. The molecule has 2 aromatic rings. The number of para-hydroxylation sites is 1. The molecule has 2 rings (SSSR count). The second-order valence-corrected chi connectivity index (χ2v) is 4.15. The number of carbonyl (C=O) groups is 1. The van der Waals surface area contributed by atoms with Crippen LogP contribution in [0.5, 0.6) is 11.5 Å². The number of halogens is 1. The molecule has 0 spiro atoms. The summed E-state index contributed by atoms with van der Waals surface area (Å²) in [4.78, 5) is 11.1. The van der Waals surface area contributed by atoms with Crippen molar-refractivity contribution in [3.05, 3.63) is 53.8 Å². The molecule has 6 heteroatoms. The van der Waals surface area contributed by atoms with Crippen molar-refractivity contribution < 1.29 is 23.8 Å². The Kier molecular flexibility index (Phi) is 4.61. The van der Waals surface area contributed by atoms with Crippen LogP contribution in [0, 0.1) is 5.82 Å². The summed E-state index contributed by atoms with van der Waals surface area (Å²) in [6, 6.07) is 11.4. The van der Waals surface area contributed by atoms with Crippen molar-refractivity contribution >= 4 is 11.7 Å². The summed E-state index contributed by atoms with van der Waals surface area (Å²) >= 11 is 0. The zero-order valence-electron chi connectivity index (χ0n) is 11.1. The molecule has 0 heterocycles. The lowest BCUT2D eigenvalue weighted by Gasteiger charge is -2.12. The molecule has 0 unspecified atom stereocenters. The zero-order valence-corrected chi connectivity index (χ0v) is 11.1. The molecular formula is C15H14FNO4. The maximum absolute atomic E-state index is 13.3. The third-order valence-corrected chi connectivity index (χ3v) is 2.72. The van der Waals surface area contributed by atoms with E-state index in [9.17, 15) is 9.18 Å². The number of carboxylic acid groups (broad SMARTS) is 1.